The van der Waals surface area contributed by atoms with Gasteiger partial charge in [-0.3, -0.25) is 0 Å². The molecule has 108 valence electrons. The fourth-order valence-corrected chi connectivity index (χ4v) is 2.19. The van der Waals surface area contributed by atoms with Crippen LogP contribution in [0.3, 0.4) is 0 Å². The second-order valence-corrected chi connectivity index (χ2v) is 5.34. The molecular formula is C16H29N3. The molecule has 0 amide bonds. The minimum atomic E-state index is 0.415. The van der Waals surface area contributed by atoms with Crippen LogP contribution in [0.25, 0.3) is 0 Å². The molecule has 1 aromatic carbocycles. The Morgan fingerprint density at radius 1 is 1.11 bits per heavy atom. The first-order valence-corrected chi connectivity index (χ1v) is 7.25. The number of anilines is 1. The molecule has 0 aliphatic heterocycles. The number of rotatable bonds is 8. The lowest BCUT2D eigenvalue weighted by molar-refractivity contribution is 0.400. The molecule has 19 heavy (non-hydrogen) atoms. The largest absolute Gasteiger partial charge is 0.372 e. The summed E-state index contributed by atoms with van der Waals surface area (Å²) in [5.74, 6) is 0. The molecule has 0 saturated heterocycles. The zero-order valence-electron chi connectivity index (χ0n) is 13.1. The van der Waals surface area contributed by atoms with E-state index in [-0.39, 0.29) is 0 Å². The van der Waals surface area contributed by atoms with Crippen molar-refractivity contribution in [2.24, 2.45) is 0 Å². The van der Waals surface area contributed by atoms with Gasteiger partial charge in [0.25, 0.3) is 0 Å². The fraction of sp³-hybridized carbons (Fsp3) is 0.625. The molecule has 0 bridgehead atoms. The van der Waals surface area contributed by atoms with Crippen LogP contribution in [0.2, 0.25) is 0 Å². The van der Waals surface area contributed by atoms with E-state index < -0.39 is 0 Å². The van der Waals surface area contributed by atoms with Crippen molar-refractivity contribution in [1.82, 2.24) is 10.2 Å². The van der Waals surface area contributed by atoms with E-state index in [4.69, 9.17) is 0 Å². The first-order chi connectivity index (χ1) is 9.08. The Hall–Kier alpha value is -1.06. The standard InChI is InChI=1S/C16H29N3/c1-6-19(13-7-12-18(4)5)16-10-8-15(9-11-16)14(2)17-3/h8-11,14,17H,6-7,12-13H2,1-5H3. The summed E-state index contributed by atoms with van der Waals surface area (Å²) in [5.41, 5.74) is 2.67. The van der Waals surface area contributed by atoms with Gasteiger partial charge in [-0.05, 0) is 65.7 Å². The molecule has 0 aromatic heterocycles. The number of nitrogens with zero attached hydrogens (tertiary/aromatic N) is 2. The Labute approximate surface area is 118 Å². The molecule has 0 fully saturated rings. The van der Waals surface area contributed by atoms with Gasteiger partial charge in [-0.15, -0.1) is 0 Å². The summed E-state index contributed by atoms with van der Waals surface area (Å²) in [6, 6.07) is 9.35. The molecule has 1 N–H and O–H groups in total. The van der Waals surface area contributed by atoms with Crippen molar-refractivity contribution in [1.29, 1.82) is 0 Å². The van der Waals surface area contributed by atoms with Crippen LogP contribution in [0.5, 0.6) is 0 Å². The van der Waals surface area contributed by atoms with E-state index in [1.165, 1.54) is 17.7 Å². The van der Waals surface area contributed by atoms with Gasteiger partial charge in [0.1, 0.15) is 0 Å². The topological polar surface area (TPSA) is 18.5 Å². The van der Waals surface area contributed by atoms with E-state index in [0.717, 1.165) is 19.6 Å². The maximum absolute atomic E-state index is 3.27. The van der Waals surface area contributed by atoms with Gasteiger partial charge in [0.05, 0.1) is 0 Å². The SMILES string of the molecule is CCN(CCCN(C)C)c1ccc(C(C)NC)cc1. The van der Waals surface area contributed by atoms with Gasteiger partial charge in [0, 0.05) is 24.8 Å². The summed E-state index contributed by atoms with van der Waals surface area (Å²) in [6.07, 6.45) is 1.20. The second-order valence-electron chi connectivity index (χ2n) is 5.34. The maximum atomic E-state index is 3.27. The van der Waals surface area contributed by atoms with Gasteiger partial charge in [-0.2, -0.15) is 0 Å². The molecule has 0 radical (unpaired) electrons. The molecule has 0 heterocycles. The van der Waals surface area contributed by atoms with Crippen molar-refractivity contribution >= 4 is 5.69 Å². The summed E-state index contributed by atoms with van der Waals surface area (Å²) in [7, 11) is 6.26. The van der Waals surface area contributed by atoms with Crippen molar-refractivity contribution in [2.75, 3.05) is 45.7 Å². The Bertz CT molecular complexity index is 346. The third kappa shape index (κ3) is 5.21. The van der Waals surface area contributed by atoms with Crippen molar-refractivity contribution in [3.8, 4) is 0 Å². The summed E-state index contributed by atoms with van der Waals surface area (Å²) in [5, 5.41) is 3.27. The molecule has 1 unspecified atom stereocenters. The highest BCUT2D eigenvalue weighted by Crippen LogP contribution is 2.19. The lowest BCUT2D eigenvalue weighted by Gasteiger charge is -2.24. The highest BCUT2D eigenvalue weighted by atomic mass is 15.1. The minimum Gasteiger partial charge on any atom is -0.372 e. The quantitative estimate of drug-likeness (QED) is 0.778. The number of hydrogen-bond acceptors (Lipinski definition) is 3. The lowest BCUT2D eigenvalue weighted by atomic mass is 10.1. The number of nitrogens with one attached hydrogen (secondary N) is 1. The van der Waals surface area contributed by atoms with Crippen molar-refractivity contribution in [3.05, 3.63) is 29.8 Å². The smallest absolute Gasteiger partial charge is 0.0366 e. The molecular weight excluding hydrogens is 234 g/mol. The third-order valence-corrected chi connectivity index (χ3v) is 3.61. The van der Waals surface area contributed by atoms with Crippen molar-refractivity contribution < 1.29 is 0 Å². The Morgan fingerprint density at radius 2 is 1.74 bits per heavy atom. The molecule has 1 rings (SSSR count). The number of benzene rings is 1. The van der Waals surface area contributed by atoms with Crippen molar-refractivity contribution in [3.63, 3.8) is 0 Å². The minimum absolute atomic E-state index is 0.415. The predicted octanol–water partition coefficient (Wildman–Crippen LogP) is 2.75. The van der Waals surface area contributed by atoms with Gasteiger partial charge in [0.15, 0.2) is 0 Å². The predicted molar refractivity (Wildman–Crippen MR) is 85.0 cm³/mol. The van der Waals surface area contributed by atoms with Crippen LogP contribution in [-0.2, 0) is 0 Å². The van der Waals surface area contributed by atoms with Gasteiger partial charge in [-0.25, -0.2) is 0 Å². The Balaban J connectivity index is 2.60. The van der Waals surface area contributed by atoms with E-state index >= 15 is 0 Å². The average molecular weight is 263 g/mol. The molecule has 3 nitrogen and oxygen atoms in total. The van der Waals surface area contributed by atoms with Gasteiger partial charge >= 0.3 is 0 Å². The Morgan fingerprint density at radius 3 is 2.21 bits per heavy atom. The third-order valence-electron chi connectivity index (χ3n) is 3.61. The highest BCUT2D eigenvalue weighted by molar-refractivity contribution is 5.47. The monoisotopic (exact) mass is 263 g/mol. The Kier molecular flexibility index (Phi) is 6.89. The van der Waals surface area contributed by atoms with Crippen LogP contribution in [-0.4, -0.2) is 45.7 Å². The highest BCUT2D eigenvalue weighted by Gasteiger charge is 2.06. The maximum Gasteiger partial charge on any atom is 0.0366 e. The van der Waals surface area contributed by atoms with Crippen LogP contribution < -0.4 is 10.2 Å². The normalized spacial score (nSPS) is 12.7. The summed E-state index contributed by atoms with van der Waals surface area (Å²) < 4.78 is 0. The lowest BCUT2D eigenvalue weighted by Crippen LogP contribution is -2.27. The molecule has 3 heteroatoms. The van der Waals surface area contributed by atoms with Crippen LogP contribution in [0, 0.1) is 0 Å². The molecule has 0 spiro atoms. The molecule has 1 aromatic rings. The van der Waals surface area contributed by atoms with E-state index in [1.807, 2.05) is 7.05 Å². The molecule has 1 atom stereocenters. The summed E-state index contributed by atoms with van der Waals surface area (Å²) in [4.78, 5) is 4.68. The van der Waals surface area contributed by atoms with Crippen molar-refractivity contribution in [2.45, 2.75) is 26.3 Å². The second kappa shape index (κ2) is 8.18. The van der Waals surface area contributed by atoms with Crippen LogP contribution in [0.1, 0.15) is 31.9 Å². The molecule has 0 saturated carbocycles. The summed E-state index contributed by atoms with van der Waals surface area (Å²) in [6.45, 7) is 7.73. The van der Waals surface area contributed by atoms with Gasteiger partial charge in [-0.1, -0.05) is 12.1 Å². The van der Waals surface area contributed by atoms with Crippen LogP contribution in [0.15, 0.2) is 24.3 Å². The van der Waals surface area contributed by atoms with E-state index in [1.54, 1.807) is 0 Å². The first-order valence-electron chi connectivity index (χ1n) is 7.25. The van der Waals surface area contributed by atoms with Crippen LogP contribution in [0.4, 0.5) is 5.69 Å². The zero-order valence-corrected chi connectivity index (χ0v) is 13.1. The van der Waals surface area contributed by atoms with E-state index in [2.05, 4.69) is 67.3 Å². The average Bonchev–Trinajstić information content (AvgIpc) is 2.43. The molecule has 0 aliphatic carbocycles. The number of hydrogen-bond donors (Lipinski definition) is 1. The zero-order chi connectivity index (χ0) is 14.3. The van der Waals surface area contributed by atoms with E-state index in [0.29, 0.717) is 6.04 Å². The van der Waals surface area contributed by atoms with Gasteiger partial charge in [0.2, 0.25) is 0 Å². The van der Waals surface area contributed by atoms with E-state index in [9.17, 15) is 0 Å². The summed E-state index contributed by atoms with van der Waals surface area (Å²) >= 11 is 0. The van der Waals surface area contributed by atoms with Gasteiger partial charge < -0.3 is 15.1 Å². The van der Waals surface area contributed by atoms with Crippen LogP contribution >= 0.6 is 0 Å². The first kappa shape index (κ1) is 16.0. The fourth-order valence-electron chi connectivity index (χ4n) is 2.19. The molecule has 0 aliphatic rings.